The minimum Gasteiger partial charge on any atom is -0.386 e. The lowest BCUT2D eigenvalue weighted by molar-refractivity contribution is -0.127. The summed E-state index contributed by atoms with van der Waals surface area (Å²) < 4.78 is 1.16. The van der Waals surface area contributed by atoms with Crippen molar-refractivity contribution in [2.75, 3.05) is 6.54 Å². The van der Waals surface area contributed by atoms with Crippen molar-refractivity contribution in [1.29, 1.82) is 0 Å². The summed E-state index contributed by atoms with van der Waals surface area (Å²) in [6.07, 6.45) is 2.72. The monoisotopic (exact) mass is 330 g/mol. The Kier molecular flexibility index (Phi) is 3.87. The molecule has 5 heteroatoms. The molecule has 1 amide bonds. The largest absolute Gasteiger partial charge is 0.386 e. The van der Waals surface area contributed by atoms with Gasteiger partial charge in [0.05, 0.1) is 5.92 Å². The Morgan fingerprint density at radius 2 is 2.13 bits per heavy atom. The zero-order valence-electron chi connectivity index (χ0n) is 12.9. The number of nitrogens with one attached hydrogen (secondary N) is 1. The maximum atomic E-state index is 12.5. The van der Waals surface area contributed by atoms with E-state index in [1.54, 1.807) is 11.3 Å². The number of rotatable bonds is 4. The molecule has 5 atom stereocenters. The Labute approximate surface area is 139 Å². The summed E-state index contributed by atoms with van der Waals surface area (Å²) in [7, 11) is 0. The first-order chi connectivity index (χ1) is 11.1. The predicted octanol–water partition coefficient (Wildman–Crippen LogP) is 2.42. The fourth-order valence-corrected chi connectivity index (χ4v) is 5.36. The number of nitrogens with two attached hydrogens (primary N) is 1. The smallest absolute Gasteiger partial charge is 0.225 e. The molecular weight excluding hydrogens is 308 g/mol. The van der Waals surface area contributed by atoms with Crippen molar-refractivity contribution in [3.05, 3.63) is 35.2 Å². The minimum atomic E-state index is -0.661. The number of hydrogen-bond acceptors (Lipinski definition) is 4. The number of benzene rings is 1. The minimum absolute atomic E-state index is 0.00443. The topological polar surface area (TPSA) is 75.4 Å². The van der Waals surface area contributed by atoms with E-state index in [0.717, 1.165) is 27.8 Å². The van der Waals surface area contributed by atoms with Gasteiger partial charge in [-0.05, 0) is 48.6 Å². The second kappa shape index (κ2) is 5.89. The summed E-state index contributed by atoms with van der Waals surface area (Å²) in [5, 5.41) is 14.4. The van der Waals surface area contributed by atoms with E-state index < -0.39 is 6.10 Å². The average Bonchev–Trinajstić information content (AvgIpc) is 3.25. The van der Waals surface area contributed by atoms with Crippen LogP contribution in [-0.2, 0) is 4.79 Å². The zero-order valence-corrected chi connectivity index (χ0v) is 13.8. The molecule has 5 unspecified atom stereocenters. The SMILES string of the molecule is NC1C2CCC(C2)C1C(=O)NCC(O)c1cc2ccccc2s1. The Bertz CT molecular complexity index is 694. The molecule has 4 rings (SSSR count). The molecule has 2 aliphatic rings. The fraction of sp³-hybridized carbons (Fsp3) is 0.500. The lowest BCUT2D eigenvalue weighted by Gasteiger charge is -2.27. The molecule has 2 saturated carbocycles. The van der Waals surface area contributed by atoms with Gasteiger partial charge in [-0.25, -0.2) is 0 Å². The van der Waals surface area contributed by atoms with Gasteiger partial charge in [-0.1, -0.05) is 18.2 Å². The second-order valence-corrected chi connectivity index (χ2v) is 8.00. The van der Waals surface area contributed by atoms with Crippen molar-refractivity contribution in [2.24, 2.45) is 23.5 Å². The summed E-state index contributed by atoms with van der Waals surface area (Å²) in [4.78, 5) is 13.3. The standard InChI is InChI=1S/C18H22N2O2S/c19-17-12-6-5-11(7-12)16(17)18(22)20-9-13(21)15-8-10-3-1-2-4-14(10)23-15/h1-4,8,11-13,16-17,21H,5-7,9,19H2,(H,20,22). The molecule has 0 spiro atoms. The first kappa shape index (κ1) is 15.1. The molecular formula is C18H22N2O2S. The molecule has 4 N–H and O–H groups in total. The van der Waals surface area contributed by atoms with Gasteiger partial charge < -0.3 is 16.2 Å². The third-order valence-corrected chi connectivity index (χ3v) is 6.74. The van der Waals surface area contributed by atoms with E-state index in [9.17, 15) is 9.90 Å². The first-order valence-corrected chi connectivity index (χ1v) is 9.15. The van der Waals surface area contributed by atoms with Gasteiger partial charge in [-0.2, -0.15) is 0 Å². The number of thiophene rings is 1. The van der Waals surface area contributed by atoms with Crippen LogP contribution in [0, 0.1) is 17.8 Å². The van der Waals surface area contributed by atoms with E-state index >= 15 is 0 Å². The summed E-state index contributed by atoms with van der Waals surface area (Å²) in [6.45, 7) is 0.256. The van der Waals surface area contributed by atoms with Crippen molar-refractivity contribution in [3.8, 4) is 0 Å². The highest BCUT2D eigenvalue weighted by molar-refractivity contribution is 7.19. The van der Waals surface area contributed by atoms with Crippen LogP contribution < -0.4 is 11.1 Å². The molecule has 0 aliphatic heterocycles. The van der Waals surface area contributed by atoms with Crippen LogP contribution in [0.15, 0.2) is 30.3 Å². The Morgan fingerprint density at radius 1 is 1.35 bits per heavy atom. The number of amides is 1. The van der Waals surface area contributed by atoms with E-state index in [2.05, 4.69) is 5.32 Å². The van der Waals surface area contributed by atoms with Gasteiger partial charge in [-0.15, -0.1) is 11.3 Å². The van der Waals surface area contributed by atoms with Gasteiger partial charge in [0.25, 0.3) is 0 Å². The van der Waals surface area contributed by atoms with Crippen molar-refractivity contribution in [1.82, 2.24) is 5.32 Å². The highest BCUT2D eigenvalue weighted by Crippen LogP contribution is 2.47. The van der Waals surface area contributed by atoms with Crippen LogP contribution >= 0.6 is 11.3 Å². The van der Waals surface area contributed by atoms with E-state index in [1.807, 2.05) is 30.3 Å². The van der Waals surface area contributed by atoms with Crippen molar-refractivity contribution in [3.63, 3.8) is 0 Å². The number of carbonyl (C=O) groups excluding carboxylic acids is 1. The van der Waals surface area contributed by atoms with Crippen LogP contribution in [-0.4, -0.2) is 23.6 Å². The molecule has 1 heterocycles. The second-order valence-electron chi connectivity index (χ2n) is 6.88. The van der Waals surface area contributed by atoms with Gasteiger partial charge in [-0.3, -0.25) is 4.79 Å². The highest BCUT2D eigenvalue weighted by atomic mass is 32.1. The molecule has 1 aromatic heterocycles. The average molecular weight is 330 g/mol. The van der Waals surface area contributed by atoms with Crippen LogP contribution in [0.1, 0.15) is 30.2 Å². The van der Waals surface area contributed by atoms with E-state index in [1.165, 1.54) is 6.42 Å². The first-order valence-electron chi connectivity index (χ1n) is 8.33. The van der Waals surface area contributed by atoms with Crippen LogP contribution in [0.4, 0.5) is 0 Å². The van der Waals surface area contributed by atoms with Gasteiger partial charge in [0.15, 0.2) is 0 Å². The predicted molar refractivity (Wildman–Crippen MR) is 92.1 cm³/mol. The molecule has 2 aliphatic carbocycles. The van der Waals surface area contributed by atoms with Crippen molar-refractivity contribution >= 4 is 27.3 Å². The number of carbonyl (C=O) groups is 1. The molecule has 1 aromatic carbocycles. The van der Waals surface area contributed by atoms with Crippen LogP contribution in [0.25, 0.3) is 10.1 Å². The highest BCUT2D eigenvalue weighted by Gasteiger charge is 2.48. The summed E-state index contributed by atoms with van der Waals surface area (Å²) in [5.41, 5.74) is 6.21. The molecule has 23 heavy (non-hydrogen) atoms. The van der Waals surface area contributed by atoms with Gasteiger partial charge in [0.2, 0.25) is 5.91 Å². The van der Waals surface area contributed by atoms with Crippen LogP contribution in [0.2, 0.25) is 0 Å². The normalized spacial score (nSPS) is 30.7. The van der Waals surface area contributed by atoms with E-state index in [4.69, 9.17) is 5.73 Å². The van der Waals surface area contributed by atoms with Gasteiger partial charge in [0.1, 0.15) is 6.10 Å². The number of fused-ring (bicyclic) bond motifs is 3. The van der Waals surface area contributed by atoms with Crippen LogP contribution in [0.5, 0.6) is 0 Å². The van der Waals surface area contributed by atoms with E-state index in [0.29, 0.717) is 11.8 Å². The maximum Gasteiger partial charge on any atom is 0.225 e. The third kappa shape index (κ3) is 2.67. The molecule has 2 aromatic rings. The summed E-state index contributed by atoms with van der Waals surface area (Å²) >= 11 is 1.58. The quantitative estimate of drug-likeness (QED) is 0.806. The van der Waals surface area contributed by atoms with Crippen LogP contribution in [0.3, 0.4) is 0 Å². The summed E-state index contributed by atoms with van der Waals surface area (Å²) in [5.74, 6) is 0.910. The zero-order chi connectivity index (χ0) is 16.0. The van der Waals surface area contributed by atoms with Gasteiger partial charge in [0, 0.05) is 22.2 Å². The molecule has 2 bridgehead atoms. The molecule has 122 valence electrons. The molecule has 0 saturated heterocycles. The number of hydrogen-bond donors (Lipinski definition) is 3. The molecule has 4 nitrogen and oxygen atoms in total. The lowest BCUT2D eigenvalue weighted by atomic mass is 9.84. The Hall–Kier alpha value is -1.43. The van der Waals surface area contributed by atoms with Gasteiger partial charge >= 0.3 is 0 Å². The number of aliphatic hydroxyl groups excluding tert-OH is 1. The number of aliphatic hydroxyl groups is 1. The molecule has 2 fully saturated rings. The lowest BCUT2D eigenvalue weighted by Crippen LogP contribution is -2.46. The van der Waals surface area contributed by atoms with E-state index in [-0.39, 0.29) is 24.4 Å². The Balaban J connectivity index is 1.39. The fourth-order valence-electron chi connectivity index (χ4n) is 4.31. The molecule has 0 radical (unpaired) electrons. The third-order valence-electron chi connectivity index (χ3n) is 5.53. The maximum absolute atomic E-state index is 12.5. The van der Waals surface area contributed by atoms with Crippen molar-refractivity contribution < 1.29 is 9.90 Å². The van der Waals surface area contributed by atoms with Crippen molar-refractivity contribution in [2.45, 2.75) is 31.4 Å². The Morgan fingerprint density at radius 3 is 2.87 bits per heavy atom. The summed E-state index contributed by atoms with van der Waals surface area (Å²) in [6, 6.07) is 10.1.